The minimum absolute atomic E-state index is 0.173. The van der Waals surface area contributed by atoms with Crippen molar-refractivity contribution in [3.05, 3.63) is 36.0 Å². The predicted octanol–water partition coefficient (Wildman–Crippen LogP) is 1.51. The summed E-state index contributed by atoms with van der Waals surface area (Å²) in [7, 11) is 1.30. The molecule has 92 valence electrons. The smallest absolute Gasteiger partial charge is 0.358 e. The van der Waals surface area contributed by atoms with Gasteiger partial charge < -0.3 is 4.74 Å². The summed E-state index contributed by atoms with van der Waals surface area (Å²) in [4.78, 5) is 27.5. The summed E-state index contributed by atoms with van der Waals surface area (Å²) in [5.41, 5.74) is 1.16. The lowest BCUT2D eigenvalue weighted by atomic mass is 10.4. The van der Waals surface area contributed by atoms with Gasteiger partial charge in [0.05, 0.1) is 19.5 Å². The number of carbonyl (C=O) groups is 1. The van der Waals surface area contributed by atoms with Crippen molar-refractivity contribution in [2.75, 3.05) is 7.11 Å². The van der Waals surface area contributed by atoms with Crippen LogP contribution >= 0.6 is 11.8 Å². The molecular weight excluding hydrogens is 252 g/mol. The highest BCUT2D eigenvalue weighted by Gasteiger charge is 2.08. The van der Waals surface area contributed by atoms with E-state index in [2.05, 4.69) is 24.7 Å². The minimum Gasteiger partial charge on any atom is -0.464 e. The van der Waals surface area contributed by atoms with E-state index in [0.29, 0.717) is 10.2 Å². The van der Waals surface area contributed by atoms with Crippen LogP contribution in [0.5, 0.6) is 0 Å². The molecule has 7 heteroatoms. The number of ether oxygens (including phenoxy) is 1. The number of aromatic nitrogens is 4. The Morgan fingerprint density at radius 2 is 1.83 bits per heavy atom. The number of carbonyl (C=O) groups excluding carboxylic acids is 1. The van der Waals surface area contributed by atoms with Crippen LogP contribution in [0.25, 0.3) is 0 Å². The van der Waals surface area contributed by atoms with Gasteiger partial charge >= 0.3 is 5.97 Å². The van der Waals surface area contributed by atoms with Gasteiger partial charge in [-0.05, 0) is 24.2 Å². The van der Waals surface area contributed by atoms with Crippen molar-refractivity contribution in [1.29, 1.82) is 0 Å². The average molecular weight is 262 g/mol. The first kappa shape index (κ1) is 12.4. The summed E-state index contributed by atoms with van der Waals surface area (Å²) >= 11 is 1.28. The molecule has 0 radical (unpaired) electrons. The predicted molar refractivity (Wildman–Crippen MR) is 64.3 cm³/mol. The van der Waals surface area contributed by atoms with Gasteiger partial charge in [-0.2, -0.15) is 0 Å². The van der Waals surface area contributed by atoms with E-state index in [1.165, 1.54) is 31.3 Å². The van der Waals surface area contributed by atoms with Gasteiger partial charge in [0.2, 0.25) is 0 Å². The number of aryl methyl sites for hydroxylation is 1. The molecule has 0 saturated carbocycles. The Labute approximate surface area is 108 Å². The average Bonchev–Trinajstić information content (AvgIpc) is 2.41. The lowest BCUT2D eigenvalue weighted by Crippen LogP contribution is -2.04. The number of esters is 1. The molecule has 18 heavy (non-hydrogen) atoms. The molecular formula is C11H10N4O2S. The summed E-state index contributed by atoms with van der Waals surface area (Å²) in [5.74, 6) is -0.509. The zero-order valence-corrected chi connectivity index (χ0v) is 10.6. The molecule has 2 rings (SSSR count). The van der Waals surface area contributed by atoms with Crippen LogP contribution in [0.3, 0.4) is 0 Å². The zero-order valence-electron chi connectivity index (χ0n) is 9.82. The summed E-state index contributed by atoms with van der Waals surface area (Å²) in [6, 6.07) is 0. The maximum Gasteiger partial charge on any atom is 0.358 e. The molecule has 0 unspecified atom stereocenters. The van der Waals surface area contributed by atoms with Gasteiger partial charge in [0.25, 0.3) is 0 Å². The third-order valence-corrected chi connectivity index (χ3v) is 2.79. The Hall–Kier alpha value is -2.02. The van der Waals surface area contributed by atoms with Crippen LogP contribution in [-0.4, -0.2) is 33.0 Å². The van der Waals surface area contributed by atoms with E-state index in [1.54, 1.807) is 12.4 Å². The lowest BCUT2D eigenvalue weighted by Gasteiger charge is -2.00. The Balaban J connectivity index is 2.10. The summed E-state index contributed by atoms with van der Waals surface area (Å²) in [6.07, 6.45) is 6.31. The Morgan fingerprint density at radius 3 is 2.39 bits per heavy atom. The van der Waals surface area contributed by atoms with Crippen LogP contribution in [0.2, 0.25) is 0 Å². The van der Waals surface area contributed by atoms with Crippen LogP contribution in [0.4, 0.5) is 0 Å². The van der Waals surface area contributed by atoms with Crippen molar-refractivity contribution < 1.29 is 9.53 Å². The van der Waals surface area contributed by atoms with E-state index in [1.807, 2.05) is 6.92 Å². The van der Waals surface area contributed by atoms with E-state index in [9.17, 15) is 4.79 Å². The van der Waals surface area contributed by atoms with E-state index >= 15 is 0 Å². The maximum absolute atomic E-state index is 11.2. The number of rotatable bonds is 3. The van der Waals surface area contributed by atoms with Crippen LogP contribution in [0, 0.1) is 6.92 Å². The lowest BCUT2D eigenvalue weighted by molar-refractivity contribution is 0.0593. The number of nitrogens with zero attached hydrogens (tertiary/aromatic N) is 4. The molecule has 0 N–H and O–H groups in total. The normalized spacial score (nSPS) is 10.1. The van der Waals surface area contributed by atoms with Crippen LogP contribution < -0.4 is 0 Å². The Morgan fingerprint density at radius 1 is 1.11 bits per heavy atom. The molecule has 0 aliphatic carbocycles. The number of hydrogen-bond donors (Lipinski definition) is 0. The largest absolute Gasteiger partial charge is 0.464 e. The summed E-state index contributed by atoms with van der Waals surface area (Å²) in [6.45, 7) is 1.92. The first-order valence-corrected chi connectivity index (χ1v) is 5.87. The fourth-order valence-corrected chi connectivity index (χ4v) is 1.71. The third-order valence-electron chi connectivity index (χ3n) is 1.98. The van der Waals surface area contributed by atoms with Crippen LogP contribution in [0.15, 0.2) is 35.0 Å². The topological polar surface area (TPSA) is 77.9 Å². The second-order valence-electron chi connectivity index (χ2n) is 3.38. The molecule has 2 aromatic heterocycles. The van der Waals surface area contributed by atoms with Gasteiger partial charge in [0.1, 0.15) is 5.03 Å². The van der Waals surface area contributed by atoms with Gasteiger partial charge in [0.15, 0.2) is 10.9 Å². The van der Waals surface area contributed by atoms with Crippen LogP contribution in [0.1, 0.15) is 16.1 Å². The second-order valence-corrected chi connectivity index (χ2v) is 4.36. The van der Waals surface area contributed by atoms with Crippen molar-refractivity contribution in [3.8, 4) is 0 Å². The highest BCUT2D eigenvalue weighted by molar-refractivity contribution is 7.99. The van der Waals surface area contributed by atoms with Crippen molar-refractivity contribution >= 4 is 17.7 Å². The highest BCUT2D eigenvalue weighted by Crippen LogP contribution is 2.21. The first-order chi connectivity index (χ1) is 8.69. The quantitative estimate of drug-likeness (QED) is 0.612. The highest BCUT2D eigenvalue weighted by atomic mass is 32.2. The van der Waals surface area contributed by atoms with E-state index in [-0.39, 0.29) is 5.69 Å². The zero-order chi connectivity index (χ0) is 13.0. The monoisotopic (exact) mass is 262 g/mol. The minimum atomic E-state index is -0.509. The molecule has 0 aromatic carbocycles. The Kier molecular flexibility index (Phi) is 3.83. The van der Waals surface area contributed by atoms with E-state index in [4.69, 9.17) is 0 Å². The van der Waals surface area contributed by atoms with Crippen molar-refractivity contribution in [2.45, 2.75) is 17.1 Å². The number of methoxy groups -OCH3 is 1. The molecule has 0 amide bonds. The van der Waals surface area contributed by atoms with Gasteiger partial charge in [-0.3, -0.25) is 0 Å². The molecule has 2 aromatic rings. The fourth-order valence-electron chi connectivity index (χ4n) is 1.11. The molecule has 0 aliphatic heterocycles. The molecule has 0 fully saturated rings. The van der Waals surface area contributed by atoms with E-state index < -0.39 is 5.97 Å². The van der Waals surface area contributed by atoms with Crippen molar-refractivity contribution in [3.63, 3.8) is 0 Å². The molecule has 0 atom stereocenters. The second kappa shape index (κ2) is 5.54. The molecule has 0 bridgehead atoms. The van der Waals surface area contributed by atoms with Crippen LogP contribution in [-0.2, 0) is 4.74 Å². The first-order valence-electron chi connectivity index (χ1n) is 5.06. The fraction of sp³-hybridized carbons (Fsp3) is 0.182. The number of hydrogen-bond acceptors (Lipinski definition) is 7. The van der Waals surface area contributed by atoms with Crippen molar-refractivity contribution in [1.82, 2.24) is 19.9 Å². The molecule has 2 heterocycles. The van der Waals surface area contributed by atoms with Gasteiger partial charge in [-0.15, -0.1) is 0 Å². The van der Waals surface area contributed by atoms with E-state index in [0.717, 1.165) is 5.56 Å². The standard InChI is InChI=1S/C11H10N4O2S/c1-7-3-14-11(15-4-7)18-9-6-12-8(5-13-9)10(16)17-2/h3-6H,1-2H3. The van der Waals surface area contributed by atoms with Crippen molar-refractivity contribution in [2.24, 2.45) is 0 Å². The molecule has 0 spiro atoms. The molecule has 0 saturated heterocycles. The summed E-state index contributed by atoms with van der Waals surface area (Å²) < 4.78 is 4.53. The SMILES string of the molecule is COC(=O)c1cnc(Sc2ncc(C)cn2)cn1. The third kappa shape index (κ3) is 3.01. The Bertz CT molecular complexity index is 542. The maximum atomic E-state index is 11.2. The molecule has 6 nitrogen and oxygen atoms in total. The van der Waals surface area contributed by atoms with Gasteiger partial charge in [-0.25, -0.2) is 24.7 Å². The summed E-state index contributed by atoms with van der Waals surface area (Å²) in [5, 5.41) is 1.20. The van der Waals surface area contributed by atoms with Gasteiger partial charge in [0, 0.05) is 12.4 Å². The molecule has 0 aliphatic rings. The van der Waals surface area contributed by atoms with Gasteiger partial charge in [-0.1, -0.05) is 0 Å².